The second-order valence-corrected chi connectivity index (χ2v) is 20.3. The number of benzene rings is 1. The number of hydrogen-bond acceptors (Lipinski definition) is 16. The number of piperazine rings is 1. The number of sulfonamides is 2. The lowest BCUT2D eigenvalue weighted by Gasteiger charge is -2.39. The van der Waals surface area contributed by atoms with Crippen LogP contribution >= 0.6 is 34.8 Å². The summed E-state index contributed by atoms with van der Waals surface area (Å²) < 4.78 is 59.7. The molecule has 1 aliphatic carbocycles. The number of nitriles is 1. The number of primary amides is 1. The van der Waals surface area contributed by atoms with Crippen molar-refractivity contribution in [1.82, 2.24) is 30.6 Å². The number of methoxy groups -OCH3 is 1. The lowest BCUT2D eigenvalue weighted by molar-refractivity contribution is -0.137. The summed E-state index contributed by atoms with van der Waals surface area (Å²) in [5.41, 5.74) is 11.6. The fraction of sp³-hybridized carbons (Fsp3) is 0.444. The van der Waals surface area contributed by atoms with Gasteiger partial charge in [0.1, 0.15) is 27.4 Å². The number of halogens is 3. The number of nitrogens with two attached hydrogens (primary N) is 3. The van der Waals surface area contributed by atoms with Crippen LogP contribution in [0, 0.1) is 22.8 Å². The van der Waals surface area contributed by atoms with Crippen molar-refractivity contribution in [2.24, 2.45) is 32.9 Å². The maximum Gasteiger partial charge on any atom is 0.404 e. The van der Waals surface area contributed by atoms with Gasteiger partial charge < -0.3 is 47.3 Å². The number of carbonyl (C=O) groups excluding carboxylic acids is 3. The Morgan fingerprint density at radius 1 is 1.21 bits per heavy atom. The average Bonchev–Trinajstić information content (AvgIpc) is 3.79. The minimum atomic E-state index is -4.15. The Morgan fingerprint density at radius 3 is 2.38 bits per heavy atom. The van der Waals surface area contributed by atoms with Gasteiger partial charge in [0.2, 0.25) is 37.6 Å². The van der Waals surface area contributed by atoms with Crippen LogP contribution < -0.4 is 42.6 Å². The number of anilines is 1. The number of hydrogen-bond donors (Lipinski definition) is 8. The highest BCUT2D eigenvalue weighted by Crippen LogP contribution is 2.55. The third-order valence-electron chi connectivity index (χ3n) is 10.7. The number of ketones is 2. The van der Waals surface area contributed by atoms with Gasteiger partial charge in [0.05, 0.1) is 39.8 Å². The van der Waals surface area contributed by atoms with Gasteiger partial charge in [-0.3, -0.25) is 19.9 Å². The molecule has 6 atom stereocenters. The number of fused-ring (bicyclic) bond motifs is 5. The summed E-state index contributed by atoms with van der Waals surface area (Å²) in [6.07, 6.45) is 3.30. The molecule has 2 saturated heterocycles. The maximum absolute atomic E-state index is 12.8. The number of guanidine groups is 1. The van der Waals surface area contributed by atoms with Gasteiger partial charge in [-0.05, 0) is 43.5 Å². The fourth-order valence-corrected chi connectivity index (χ4v) is 9.97. The number of carbonyl (C=O) groups is 3. The normalized spacial score (nSPS) is 24.7. The van der Waals surface area contributed by atoms with Gasteiger partial charge >= 0.3 is 6.09 Å². The highest BCUT2D eigenvalue weighted by atomic mass is 35.5. The molecule has 0 bridgehead atoms. The van der Waals surface area contributed by atoms with Crippen LogP contribution in [0.25, 0.3) is 0 Å². The smallest absolute Gasteiger partial charge is 0.404 e. The van der Waals surface area contributed by atoms with Gasteiger partial charge in [-0.15, -0.1) is 23.2 Å². The second-order valence-electron chi connectivity index (χ2n) is 15.5. The summed E-state index contributed by atoms with van der Waals surface area (Å²) in [4.78, 5) is 44.8. The lowest BCUT2D eigenvalue weighted by Crippen LogP contribution is -2.55. The zero-order valence-corrected chi connectivity index (χ0v) is 38.4. The van der Waals surface area contributed by atoms with E-state index in [1.54, 1.807) is 24.5 Å². The first kappa shape index (κ1) is 50.8. The van der Waals surface area contributed by atoms with E-state index in [-0.39, 0.29) is 73.9 Å². The van der Waals surface area contributed by atoms with Crippen LogP contribution in [-0.2, 0) is 39.1 Å². The highest BCUT2D eigenvalue weighted by molar-refractivity contribution is 7.90. The number of Topliss-reactive ketones (excluding diaryl/α,β-unsaturated/α-hetero) is 2. The molecule has 27 heteroatoms. The number of nitrogens with zero attached hydrogens (tertiary/aromatic N) is 4. The number of aliphatic imine (C=N–C) groups is 1. The molecule has 4 aliphatic heterocycles. The zero-order valence-electron chi connectivity index (χ0n) is 34.5. The van der Waals surface area contributed by atoms with E-state index in [0.717, 1.165) is 17.8 Å². The molecule has 0 radical (unpaired) electrons. The summed E-state index contributed by atoms with van der Waals surface area (Å²) >= 11 is 17.0. The van der Waals surface area contributed by atoms with Gasteiger partial charge in [0.15, 0.2) is 11.9 Å². The average molecular weight is 978 g/mol. The van der Waals surface area contributed by atoms with Crippen molar-refractivity contribution in [3.05, 3.63) is 64.2 Å². The van der Waals surface area contributed by atoms with E-state index in [4.69, 9.17) is 66.1 Å². The maximum atomic E-state index is 12.8. The van der Waals surface area contributed by atoms with Crippen molar-refractivity contribution in [3.8, 4) is 6.19 Å². The molecule has 1 aromatic carbocycles. The first-order chi connectivity index (χ1) is 28.8. The molecule has 5 aliphatic rings. The van der Waals surface area contributed by atoms with Crippen molar-refractivity contribution >= 4 is 89.8 Å². The summed E-state index contributed by atoms with van der Waals surface area (Å²) in [6.45, 7) is 10.4. The Labute approximate surface area is 378 Å². The molecule has 5 heterocycles. The molecular weight excluding hydrogens is 931 g/mol. The quantitative estimate of drug-likeness (QED) is 0.0356. The Morgan fingerprint density at radius 2 is 1.84 bits per heavy atom. The van der Waals surface area contributed by atoms with Crippen molar-refractivity contribution in [3.63, 3.8) is 0 Å². The molecule has 1 amide bonds. The van der Waals surface area contributed by atoms with Gasteiger partial charge in [-0.25, -0.2) is 31.8 Å². The second kappa shape index (κ2) is 19.1. The van der Waals surface area contributed by atoms with Crippen LogP contribution in [0.1, 0.15) is 34.6 Å². The summed E-state index contributed by atoms with van der Waals surface area (Å²) in [7, 11) is -6.63. The summed E-state index contributed by atoms with van der Waals surface area (Å²) in [5, 5.41) is 25.2. The van der Waals surface area contributed by atoms with E-state index >= 15 is 0 Å². The van der Waals surface area contributed by atoms with Crippen molar-refractivity contribution < 1.29 is 46.2 Å². The molecule has 63 heavy (non-hydrogen) atoms. The Balaban J connectivity index is 0.000000209. The van der Waals surface area contributed by atoms with E-state index in [1.165, 1.54) is 14.0 Å². The van der Waals surface area contributed by atoms with Crippen LogP contribution in [0.4, 0.5) is 16.2 Å². The molecular formula is C36H47Cl3N12O10S2. The predicted molar refractivity (Wildman–Crippen MR) is 232 cm³/mol. The fourth-order valence-electron chi connectivity index (χ4n) is 7.06. The number of alkyl halides is 2. The standard InChI is InChI=1S/C15H18N4O5.C13H19N5.C8H8Cl3N3O4S2.H2O/c1-5-9(16)12(21)8-6(4-24-14(17)22)15(23-2)13-7(18-13)3-19(15)10(8)11(5)20;1-10(13(2,3)4)17-12(16-9-14)18-11-5-7-15-8-6-11;9-3-1-4-6(2-5(3)19(12,15)16)20(17,18)14-8(13-4)7(10)11;/h6-7,13,18H,3-4,16H2,1-2H3,(H2,17,22);5-8,10H,1-4H3,(H2,15,16,17,18);1-2,7-8,13-14H,(H2,12,15,16);1H2/t6-,7+,13+,15-;;;/m1.../s1. The van der Waals surface area contributed by atoms with Crippen LogP contribution in [0.15, 0.2) is 74.0 Å². The number of aromatic nitrogens is 1. The third-order valence-corrected chi connectivity index (χ3v) is 14.0. The molecule has 344 valence electrons. The molecule has 7 rings (SSSR count). The molecule has 22 nitrogen and oxygen atoms in total. The van der Waals surface area contributed by atoms with Crippen molar-refractivity contribution in [2.45, 2.75) is 79.3 Å². The van der Waals surface area contributed by atoms with Crippen LogP contribution in [0.5, 0.6) is 0 Å². The van der Waals surface area contributed by atoms with E-state index in [2.05, 4.69) is 63.7 Å². The van der Waals surface area contributed by atoms with E-state index in [9.17, 15) is 31.2 Å². The molecule has 13 N–H and O–H groups in total. The summed E-state index contributed by atoms with van der Waals surface area (Å²) in [5.74, 6) is -0.890. The van der Waals surface area contributed by atoms with Crippen LogP contribution in [0.2, 0.25) is 5.02 Å². The highest BCUT2D eigenvalue weighted by Gasteiger charge is 2.72. The van der Waals surface area contributed by atoms with Crippen molar-refractivity contribution in [1.29, 1.82) is 5.26 Å². The molecule has 0 spiro atoms. The largest absolute Gasteiger partial charge is 0.449 e. The van der Waals surface area contributed by atoms with Crippen LogP contribution in [0.3, 0.4) is 0 Å². The zero-order chi connectivity index (χ0) is 46.3. The van der Waals surface area contributed by atoms with Gasteiger partial charge in [0.25, 0.3) is 0 Å². The molecule has 2 unspecified atom stereocenters. The number of amides is 1. The number of primary sulfonamides is 1. The number of ether oxygens (including phenoxy) is 2. The Bertz CT molecular complexity index is 2520. The first-order valence-corrected chi connectivity index (χ1v) is 22.7. The van der Waals surface area contributed by atoms with Gasteiger partial charge in [-0.2, -0.15) is 9.98 Å². The van der Waals surface area contributed by atoms with Gasteiger partial charge in [0, 0.05) is 49.3 Å². The van der Waals surface area contributed by atoms with E-state index in [0.29, 0.717) is 18.2 Å². The Hall–Kier alpha value is -4.81. The number of rotatable bonds is 7. The summed E-state index contributed by atoms with van der Waals surface area (Å²) in [6, 6.07) is 5.86. The number of pyridine rings is 1. The molecule has 1 aromatic heterocycles. The minimum Gasteiger partial charge on any atom is -0.449 e. The Kier molecular flexibility index (Phi) is 15.4. The molecule has 2 aromatic rings. The van der Waals surface area contributed by atoms with E-state index in [1.807, 2.05) is 11.1 Å². The molecule has 0 saturated carbocycles. The first-order valence-electron chi connectivity index (χ1n) is 18.4. The minimum absolute atomic E-state index is 0. The van der Waals surface area contributed by atoms with E-state index < -0.39 is 59.5 Å². The SMILES string of the molecule is CC(N/C(=N/c1ccncc1)NC#N)C(C)(C)C.CO[C@@]12[C@H](COC(N)=O)C3=C(C(=O)C(C)=C(N)C3=O)N1C[C@@H]1N[C@@H]12.NS(=O)(=O)c1cc2c(cc1Cl)NC(C(Cl)Cl)NS2(=O)=O.O. The van der Waals surface area contributed by atoms with Crippen molar-refractivity contribution in [2.75, 3.05) is 25.6 Å². The topological polar surface area (TPSA) is 370 Å². The van der Waals surface area contributed by atoms with Gasteiger partial charge in [-0.1, -0.05) is 32.4 Å². The van der Waals surface area contributed by atoms with Crippen LogP contribution in [-0.4, -0.2) is 111 Å². The number of allylic oxidation sites excluding steroid dienone is 2. The number of nitrogens with one attached hydrogen (secondary N) is 5. The lowest BCUT2D eigenvalue weighted by atomic mass is 9.82. The third kappa shape index (κ3) is 10.4. The predicted octanol–water partition coefficient (Wildman–Crippen LogP) is 0.509. The molecule has 2 fully saturated rings. The monoisotopic (exact) mass is 976 g/mol.